The predicted molar refractivity (Wildman–Crippen MR) is 83.1 cm³/mol. The molecule has 1 N–H and O–H groups in total. The summed E-state index contributed by atoms with van der Waals surface area (Å²) in [6, 6.07) is 9.48. The number of nitro groups is 1. The van der Waals surface area contributed by atoms with Crippen LogP contribution in [0.15, 0.2) is 55.1 Å². The van der Waals surface area contributed by atoms with E-state index in [9.17, 15) is 19.3 Å². The summed E-state index contributed by atoms with van der Waals surface area (Å²) in [6.07, 6.45) is 1.60. The SMILES string of the molecule is C=CCOc1ccc(C(=O)Nc2ccc(F)c([N+](=O)[O-])c2)cc1. The zero-order valence-corrected chi connectivity index (χ0v) is 12.0. The van der Waals surface area contributed by atoms with Crippen LogP contribution in [0.3, 0.4) is 0 Å². The van der Waals surface area contributed by atoms with Crippen LogP contribution >= 0.6 is 0 Å². The molecule has 7 heteroatoms. The first-order valence-electron chi connectivity index (χ1n) is 6.60. The van der Waals surface area contributed by atoms with Gasteiger partial charge < -0.3 is 10.1 Å². The first-order valence-corrected chi connectivity index (χ1v) is 6.60. The van der Waals surface area contributed by atoms with Crippen LogP contribution in [0.1, 0.15) is 10.4 Å². The minimum absolute atomic E-state index is 0.134. The van der Waals surface area contributed by atoms with Crippen molar-refractivity contribution < 1.29 is 18.8 Å². The summed E-state index contributed by atoms with van der Waals surface area (Å²) in [5.74, 6) is -0.850. The molecule has 118 valence electrons. The second kappa shape index (κ2) is 7.17. The summed E-state index contributed by atoms with van der Waals surface area (Å²) >= 11 is 0. The Kier molecular flexibility index (Phi) is 5.03. The van der Waals surface area contributed by atoms with Crippen molar-refractivity contribution >= 4 is 17.3 Å². The summed E-state index contributed by atoms with van der Waals surface area (Å²) in [5.41, 5.74) is -0.228. The smallest absolute Gasteiger partial charge is 0.306 e. The van der Waals surface area contributed by atoms with Crippen LogP contribution in [-0.4, -0.2) is 17.4 Å². The number of nitro benzene ring substituents is 1. The van der Waals surface area contributed by atoms with E-state index in [4.69, 9.17) is 4.74 Å². The van der Waals surface area contributed by atoms with E-state index in [1.165, 1.54) is 6.07 Å². The molecular weight excluding hydrogens is 303 g/mol. The van der Waals surface area contributed by atoms with Gasteiger partial charge >= 0.3 is 5.69 Å². The highest BCUT2D eigenvalue weighted by molar-refractivity contribution is 6.04. The molecule has 6 nitrogen and oxygen atoms in total. The maximum Gasteiger partial charge on any atom is 0.306 e. The number of nitrogens with one attached hydrogen (secondary N) is 1. The van der Waals surface area contributed by atoms with Crippen molar-refractivity contribution in [1.29, 1.82) is 0 Å². The lowest BCUT2D eigenvalue weighted by Gasteiger charge is -2.07. The van der Waals surface area contributed by atoms with Crippen molar-refractivity contribution in [1.82, 2.24) is 0 Å². The Morgan fingerprint density at radius 2 is 2.00 bits per heavy atom. The second-order valence-electron chi connectivity index (χ2n) is 4.50. The maximum atomic E-state index is 13.3. The molecule has 0 aliphatic carbocycles. The normalized spacial score (nSPS) is 9.96. The zero-order valence-electron chi connectivity index (χ0n) is 12.0. The first kappa shape index (κ1) is 16.2. The molecule has 0 fully saturated rings. The van der Waals surface area contributed by atoms with Crippen molar-refractivity contribution in [3.05, 3.63) is 76.6 Å². The van der Waals surface area contributed by atoms with Crippen LogP contribution in [0.5, 0.6) is 5.75 Å². The summed E-state index contributed by atoms with van der Waals surface area (Å²) in [4.78, 5) is 21.9. The number of amides is 1. The average molecular weight is 316 g/mol. The fraction of sp³-hybridized carbons (Fsp3) is 0.0625. The van der Waals surface area contributed by atoms with Gasteiger partial charge in [-0.3, -0.25) is 14.9 Å². The third kappa shape index (κ3) is 4.13. The van der Waals surface area contributed by atoms with Crippen LogP contribution in [0.2, 0.25) is 0 Å². The molecule has 23 heavy (non-hydrogen) atoms. The van der Waals surface area contributed by atoms with Gasteiger partial charge in [-0.15, -0.1) is 0 Å². The fourth-order valence-electron chi connectivity index (χ4n) is 1.79. The van der Waals surface area contributed by atoms with Crippen molar-refractivity contribution in [3.8, 4) is 5.75 Å². The van der Waals surface area contributed by atoms with Gasteiger partial charge in [0.15, 0.2) is 0 Å². The van der Waals surface area contributed by atoms with Gasteiger partial charge in [-0.05, 0) is 36.4 Å². The van der Waals surface area contributed by atoms with Crippen molar-refractivity contribution in [2.75, 3.05) is 11.9 Å². The van der Waals surface area contributed by atoms with E-state index in [1.54, 1.807) is 30.3 Å². The highest BCUT2D eigenvalue weighted by Crippen LogP contribution is 2.22. The van der Waals surface area contributed by atoms with Gasteiger partial charge in [0.25, 0.3) is 5.91 Å². The van der Waals surface area contributed by atoms with E-state index >= 15 is 0 Å². The van der Waals surface area contributed by atoms with Gasteiger partial charge in [0.2, 0.25) is 5.82 Å². The minimum Gasteiger partial charge on any atom is -0.490 e. The van der Waals surface area contributed by atoms with Gasteiger partial charge in [-0.1, -0.05) is 12.7 Å². The largest absolute Gasteiger partial charge is 0.490 e. The van der Waals surface area contributed by atoms with Gasteiger partial charge in [-0.25, -0.2) is 0 Å². The van der Waals surface area contributed by atoms with Crippen molar-refractivity contribution in [3.63, 3.8) is 0 Å². The summed E-state index contributed by atoms with van der Waals surface area (Å²) in [6.45, 7) is 3.88. The lowest BCUT2D eigenvalue weighted by molar-refractivity contribution is -0.387. The fourth-order valence-corrected chi connectivity index (χ4v) is 1.79. The highest BCUT2D eigenvalue weighted by Gasteiger charge is 2.15. The Bertz CT molecular complexity index is 744. The summed E-state index contributed by atoms with van der Waals surface area (Å²) < 4.78 is 18.5. The van der Waals surface area contributed by atoms with E-state index < -0.39 is 22.3 Å². The van der Waals surface area contributed by atoms with E-state index in [2.05, 4.69) is 11.9 Å². The minimum atomic E-state index is -0.961. The number of carbonyl (C=O) groups is 1. The highest BCUT2D eigenvalue weighted by atomic mass is 19.1. The quantitative estimate of drug-likeness (QED) is 0.502. The Labute approximate surface area is 131 Å². The summed E-state index contributed by atoms with van der Waals surface area (Å²) in [7, 11) is 0. The van der Waals surface area contributed by atoms with Gasteiger partial charge in [0.05, 0.1) is 4.92 Å². The van der Waals surface area contributed by atoms with Crippen molar-refractivity contribution in [2.24, 2.45) is 0 Å². The summed E-state index contributed by atoms with van der Waals surface area (Å²) in [5, 5.41) is 13.2. The predicted octanol–water partition coefficient (Wildman–Crippen LogP) is 3.55. The molecule has 2 rings (SSSR count). The molecule has 0 atom stereocenters. The molecule has 2 aromatic carbocycles. The molecule has 1 amide bonds. The molecule has 0 saturated heterocycles. The van der Waals surface area contributed by atoms with E-state index in [0.717, 1.165) is 12.1 Å². The van der Waals surface area contributed by atoms with E-state index in [0.29, 0.717) is 17.9 Å². The molecule has 0 saturated carbocycles. The maximum absolute atomic E-state index is 13.3. The van der Waals surface area contributed by atoms with Crippen LogP contribution in [-0.2, 0) is 0 Å². The number of halogens is 1. The third-order valence-electron chi connectivity index (χ3n) is 2.89. The zero-order chi connectivity index (χ0) is 16.8. The number of ether oxygens (including phenoxy) is 1. The molecular formula is C16H13FN2O4. The van der Waals surface area contributed by atoms with Crippen LogP contribution in [0.4, 0.5) is 15.8 Å². The Morgan fingerprint density at radius 1 is 1.30 bits per heavy atom. The number of carbonyl (C=O) groups excluding carboxylic acids is 1. The molecule has 0 unspecified atom stereocenters. The molecule has 0 aliphatic heterocycles. The molecule has 0 heterocycles. The van der Waals surface area contributed by atoms with Crippen LogP contribution in [0, 0.1) is 15.9 Å². The number of benzene rings is 2. The third-order valence-corrected chi connectivity index (χ3v) is 2.89. The van der Waals surface area contributed by atoms with Gasteiger partial charge in [-0.2, -0.15) is 4.39 Å². The molecule has 0 bridgehead atoms. The lowest BCUT2D eigenvalue weighted by Crippen LogP contribution is -2.12. The average Bonchev–Trinajstić information content (AvgIpc) is 2.54. The van der Waals surface area contributed by atoms with E-state index in [1.807, 2.05) is 0 Å². The Hall–Kier alpha value is -3.22. The first-order chi connectivity index (χ1) is 11.0. The standard InChI is InChI=1S/C16H13FN2O4/c1-2-9-23-13-6-3-11(4-7-13)16(20)18-12-5-8-14(17)15(10-12)19(21)22/h2-8,10H,1,9H2,(H,18,20). The number of anilines is 1. The molecule has 0 aromatic heterocycles. The number of hydrogen-bond donors (Lipinski definition) is 1. The van der Waals surface area contributed by atoms with Gasteiger partial charge in [0, 0.05) is 17.3 Å². The molecule has 0 radical (unpaired) electrons. The lowest BCUT2D eigenvalue weighted by atomic mass is 10.2. The topological polar surface area (TPSA) is 81.5 Å². The second-order valence-corrected chi connectivity index (χ2v) is 4.50. The van der Waals surface area contributed by atoms with E-state index in [-0.39, 0.29) is 5.69 Å². The van der Waals surface area contributed by atoms with Crippen molar-refractivity contribution in [2.45, 2.75) is 0 Å². The molecule has 2 aromatic rings. The number of hydrogen-bond acceptors (Lipinski definition) is 4. The molecule has 0 aliphatic rings. The number of nitrogens with zero attached hydrogens (tertiary/aromatic N) is 1. The Balaban J connectivity index is 2.11. The molecule has 0 spiro atoms. The number of rotatable bonds is 6. The van der Waals surface area contributed by atoms with Crippen LogP contribution in [0.25, 0.3) is 0 Å². The Morgan fingerprint density at radius 3 is 2.61 bits per heavy atom. The van der Waals surface area contributed by atoms with Gasteiger partial charge in [0.1, 0.15) is 12.4 Å². The monoisotopic (exact) mass is 316 g/mol. The van der Waals surface area contributed by atoms with Crippen LogP contribution < -0.4 is 10.1 Å².